The van der Waals surface area contributed by atoms with Crippen LogP contribution in [0.4, 0.5) is 11.4 Å². The van der Waals surface area contributed by atoms with Gasteiger partial charge in [0.2, 0.25) is 0 Å². The summed E-state index contributed by atoms with van der Waals surface area (Å²) < 4.78 is 27.7. The summed E-state index contributed by atoms with van der Waals surface area (Å²) >= 11 is 0. The highest BCUT2D eigenvalue weighted by molar-refractivity contribution is 7.92. The monoisotopic (exact) mass is 477 g/mol. The summed E-state index contributed by atoms with van der Waals surface area (Å²) in [5.74, 6) is -0.529. The van der Waals surface area contributed by atoms with E-state index in [-0.39, 0.29) is 22.1 Å². The van der Waals surface area contributed by atoms with Gasteiger partial charge in [-0.2, -0.15) is 0 Å². The molecule has 0 unspecified atom stereocenters. The molecule has 0 radical (unpaired) electrons. The molecule has 3 aromatic rings. The zero-order valence-corrected chi connectivity index (χ0v) is 19.6. The molecule has 3 aromatic carbocycles. The highest BCUT2D eigenvalue weighted by atomic mass is 32.2. The molecule has 4 rings (SSSR count). The van der Waals surface area contributed by atoms with Gasteiger partial charge in [0.1, 0.15) is 0 Å². The number of amides is 2. The van der Waals surface area contributed by atoms with E-state index in [1.165, 1.54) is 18.2 Å². The van der Waals surface area contributed by atoms with Crippen LogP contribution in [0.15, 0.2) is 83.8 Å². The third-order valence-electron chi connectivity index (χ3n) is 5.73. The molecular weight excluding hydrogens is 450 g/mol. The number of nitrogens with zero attached hydrogens (tertiary/aromatic N) is 1. The highest BCUT2D eigenvalue weighted by Crippen LogP contribution is 2.22. The van der Waals surface area contributed by atoms with Crippen molar-refractivity contribution in [2.75, 3.05) is 23.1 Å². The van der Waals surface area contributed by atoms with Crippen LogP contribution in [0, 0.1) is 0 Å². The van der Waals surface area contributed by atoms with Gasteiger partial charge >= 0.3 is 0 Å². The lowest BCUT2D eigenvalue weighted by molar-refractivity contribution is 0.0762. The summed E-state index contributed by atoms with van der Waals surface area (Å²) in [6, 6.07) is 21.2. The van der Waals surface area contributed by atoms with Crippen molar-refractivity contribution < 1.29 is 18.0 Å². The molecule has 0 aliphatic carbocycles. The highest BCUT2D eigenvalue weighted by Gasteiger charge is 2.21. The first-order chi connectivity index (χ1) is 16.4. The van der Waals surface area contributed by atoms with Crippen molar-refractivity contribution in [1.29, 1.82) is 0 Å². The lowest BCUT2D eigenvalue weighted by atomic mass is 10.1. The van der Waals surface area contributed by atoms with Crippen LogP contribution in [-0.2, 0) is 10.0 Å². The van der Waals surface area contributed by atoms with Gasteiger partial charge in [-0.05, 0) is 55.3 Å². The zero-order chi connectivity index (χ0) is 24.0. The molecule has 0 bridgehead atoms. The molecule has 1 saturated heterocycles. The lowest BCUT2D eigenvalue weighted by Crippen LogP contribution is -2.32. The smallest absolute Gasteiger partial charge is 0.261 e. The van der Waals surface area contributed by atoms with Crippen LogP contribution in [0.1, 0.15) is 46.4 Å². The number of rotatable bonds is 6. The molecule has 0 aromatic heterocycles. The van der Waals surface area contributed by atoms with Crippen LogP contribution in [0.5, 0.6) is 0 Å². The van der Waals surface area contributed by atoms with E-state index in [0.717, 1.165) is 25.7 Å². The Morgan fingerprint density at radius 3 is 2.18 bits per heavy atom. The fraction of sp³-hybridized carbons (Fsp3) is 0.231. The molecule has 1 fully saturated rings. The Morgan fingerprint density at radius 2 is 1.44 bits per heavy atom. The van der Waals surface area contributed by atoms with E-state index < -0.39 is 15.9 Å². The van der Waals surface area contributed by atoms with E-state index in [1.807, 2.05) is 4.90 Å². The van der Waals surface area contributed by atoms with Crippen molar-refractivity contribution in [3.63, 3.8) is 0 Å². The van der Waals surface area contributed by atoms with Gasteiger partial charge in [-0.25, -0.2) is 8.42 Å². The first-order valence-corrected chi connectivity index (χ1v) is 12.8. The van der Waals surface area contributed by atoms with Crippen molar-refractivity contribution in [2.24, 2.45) is 0 Å². The molecule has 2 amide bonds. The van der Waals surface area contributed by atoms with Crippen LogP contribution in [-0.4, -0.2) is 38.2 Å². The zero-order valence-electron chi connectivity index (χ0n) is 18.7. The second kappa shape index (κ2) is 10.5. The fourth-order valence-corrected chi connectivity index (χ4v) is 5.03. The first kappa shape index (κ1) is 23.5. The second-order valence-corrected chi connectivity index (χ2v) is 9.89. The summed E-state index contributed by atoms with van der Waals surface area (Å²) in [6.45, 7) is 1.43. The summed E-state index contributed by atoms with van der Waals surface area (Å²) in [5, 5.41) is 2.82. The molecule has 0 atom stereocenters. The van der Waals surface area contributed by atoms with Gasteiger partial charge in [-0.15, -0.1) is 0 Å². The van der Waals surface area contributed by atoms with E-state index in [0.29, 0.717) is 24.3 Å². The van der Waals surface area contributed by atoms with Gasteiger partial charge in [0.05, 0.1) is 16.1 Å². The number of likely N-dealkylation sites (tertiary alicyclic amines) is 1. The minimum Gasteiger partial charge on any atom is -0.339 e. The standard InChI is InChI=1S/C26H27N3O4S/c30-25(20-11-10-12-21(19-20)28-34(32,33)22-13-4-3-5-14-22)27-24-16-7-6-15-23(24)26(31)29-17-8-1-2-9-18-29/h3-7,10-16,19,28H,1-2,8-9,17-18H2,(H,27,30). The van der Waals surface area contributed by atoms with E-state index in [2.05, 4.69) is 10.0 Å². The van der Waals surface area contributed by atoms with E-state index in [4.69, 9.17) is 0 Å². The average Bonchev–Trinajstić information content (AvgIpc) is 3.14. The summed E-state index contributed by atoms with van der Waals surface area (Å²) in [7, 11) is -3.78. The molecule has 7 nitrogen and oxygen atoms in total. The fourth-order valence-electron chi connectivity index (χ4n) is 3.95. The molecule has 2 N–H and O–H groups in total. The van der Waals surface area contributed by atoms with E-state index in [1.54, 1.807) is 60.7 Å². The Labute approximate surface area is 199 Å². The lowest BCUT2D eigenvalue weighted by Gasteiger charge is -2.22. The van der Waals surface area contributed by atoms with Crippen LogP contribution in [0.2, 0.25) is 0 Å². The Bertz CT molecular complexity index is 1270. The Hall–Kier alpha value is -3.65. The molecule has 0 saturated carbocycles. The van der Waals surface area contributed by atoms with Gasteiger partial charge < -0.3 is 10.2 Å². The van der Waals surface area contributed by atoms with Crippen molar-refractivity contribution in [2.45, 2.75) is 30.6 Å². The Morgan fingerprint density at radius 1 is 0.765 bits per heavy atom. The number of anilines is 2. The summed E-state index contributed by atoms with van der Waals surface area (Å²) in [6.07, 6.45) is 4.19. The number of nitrogens with one attached hydrogen (secondary N) is 2. The third-order valence-corrected chi connectivity index (χ3v) is 7.13. The summed E-state index contributed by atoms with van der Waals surface area (Å²) in [4.78, 5) is 28.1. The van der Waals surface area contributed by atoms with Crippen molar-refractivity contribution in [1.82, 2.24) is 4.90 Å². The average molecular weight is 478 g/mol. The predicted octanol–water partition coefficient (Wildman–Crippen LogP) is 4.76. The van der Waals surface area contributed by atoms with Crippen molar-refractivity contribution in [3.8, 4) is 0 Å². The largest absolute Gasteiger partial charge is 0.339 e. The molecule has 1 heterocycles. The molecule has 0 spiro atoms. The van der Waals surface area contributed by atoms with Crippen LogP contribution in [0.3, 0.4) is 0 Å². The molecule has 1 aliphatic heterocycles. The summed E-state index contributed by atoms with van der Waals surface area (Å²) in [5.41, 5.74) is 1.41. The van der Waals surface area contributed by atoms with Gasteiger partial charge in [-0.3, -0.25) is 14.3 Å². The Balaban J connectivity index is 1.51. The minimum absolute atomic E-state index is 0.0952. The molecule has 176 valence electrons. The molecule has 34 heavy (non-hydrogen) atoms. The maximum absolute atomic E-state index is 13.1. The number of sulfonamides is 1. The number of carbonyl (C=O) groups is 2. The van der Waals surface area contributed by atoms with Crippen LogP contribution in [0.25, 0.3) is 0 Å². The van der Waals surface area contributed by atoms with Gasteiger partial charge in [0, 0.05) is 24.3 Å². The number of hydrogen-bond acceptors (Lipinski definition) is 4. The Kier molecular flexibility index (Phi) is 7.27. The van der Waals surface area contributed by atoms with Crippen LogP contribution < -0.4 is 10.0 Å². The topological polar surface area (TPSA) is 95.6 Å². The molecule has 8 heteroatoms. The number of para-hydroxylation sites is 1. The van der Waals surface area contributed by atoms with Crippen LogP contribution >= 0.6 is 0 Å². The van der Waals surface area contributed by atoms with Gasteiger partial charge in [0.15, 0.2) is 0 Å². The van der Waals surface area contributed by atoms with Crippen molar-refractivity contribution >= 4 is 33.2 Å². The minimum atomic E-state index is -3.78. The molecular formula is C26H27N3O4S. The van der Waals surface area contributed by atoms with Crippen molar-refractivity contribution in [3.05, 3.63) is 90.0 Å². The second-order valence-electron chi connectivity index (χ2n) is 8.21. The predicted molar refractivity (Wildman–Crippen MR) is 132 cm³/mol. The van der Waals surface area contributed by atoms with Gasteiger partial charge in [-0.1, -0.05) is 49.2 Å². The number of benzene rings is 3. The normalized spacial score (nSPS) is 14.2. The number of carbonyl (C=O) groups excluding carboxylic acids is 2. The maximum Gasteiger partial charge on any atom is 0.261 e. The van der Waals surface area contributed by atoms with E-state index >= 15 is 0 Å². The molecule has 1 aliphatic rings. The first-order valence-electron chi connectivity index (χ1n) is 11.3. The van der Waals surface area contributed by atoms with E-state index in [9.17, 15) is 18.0 Å². The number of hydrogen-bond donors (Lipinski definition) is 2. The SMILES string of the molecule is O=C(Nc1ccccc1C(=O)N1CCCCCC1)c1cccc(NS(=O)(=O)c2ccccc2)c1. The third kappa shape index (κ3) is 5.63. The van der Waals surface area contributed by atoms with Gasteiger partial charge in [0.25, 0.3) is 21.8 Å². The maximum atomic E-state index is 13.1. The quantitative estimate of drug-likeness (QED) is 0.535.